The molecule has 0 bridgehead atoms. The summed E-state index contributed by atoms with van der Waals surface area (Å²) in [6, 6.07) is 14.0. The minimum Gasteiger partial charge on any atom is -0.406 e. The van der Waals surface area contributed by atoms with Crippen LogP contribution in [0.3, 0.4) is 0 Å². The SMILES string of the molecule is CC(=O)N1CCN(S(=O)(=O)c2ccc(OC(F)(F)F)cc2)[C@@H](C(=O)NCc2ccc(-c3cccs3)cc2)C1. The van der Waals surface area contributed by atoms with Crippen molar-refractivity contribution in [2.75, 3.05) is 19.6 Å². The number of hydrogen-bond acceptors (Lipinski definition) is 6. The van der Waals surface area contributed by atoms with E-state index in [0.717, 1.165) is 44.6 Å². The minimum absolute atomic E-state index is 0.0673. The van der Waals surface area contributed by atoms with Crippen molar-refractivity contribution in [2.45, 2.75) is 30.8 Å². The first-order valence-corrected chi connectivity index (χ1v) is 13.8. The third-order valence-corrected chi connectivity index (χ3v) is 8.81. The zero-order valence-electron chi connectivity index (χ0n) is 20.1. The number of benzene rings is 2. The van der Waals surface area contributed by atoms with Crippen LogP contribution in [-0.2, 0) is 26.2 Å². The van der Waals surface area contributed by atoms with Crippen molar-refractivity contribution in [3.63, 3.8) is 0 Å². The summed E-state index contributed by atoms with van der Waals surface area (Å²) in [6.07, 6.45) is -4.92. The fourth-order valence-corrected chi connectivity index (χ4v) is 6.34. The van der Waals surface area contributed by atoms with E-state index < -0.39 is 34.1 Å². The van der Waals surface area contributed by atoms with Crippen LogP contribution >= 0.6 is 11.3 Å². The molecule has 13 heteroatoms. The Morgan fingerprint density at radius 2 is 1.74 bits per heavy atom. The first-order valence-electron chi connectivity index (χ1n) is 11.5. The Hall–Kier alpha value is -3.42. The molecule has 3 aromatic rings. The molecule has 0 aliphatic carbocycles. The molecule has 38 heavy (non-hydrogen) atoms. The van der Waals surface area contributed by atoms with Crippen LogP contribution in [0.25, 0.3) is 10.4 Å². The smallest absolute Gasteiger partial charge is 0.406 e. The van der Waals surface area contributed by atoms with Crippen LogP contribution in [0.5, 0.6) is 5.75 Å². The molecule has 1 aliphatic heterocycles. The maximum absolute atomic E-state index is 13.4. The number of nitrogens with one attached hydrogen (secondary N) is 1. The number of ether oxygens (including phenoxy) is 1. The molecule has 1 atom stereocenters. The molecule has 2 heterocycles. The van der Waals surface area contributed by atoms with Gasteiger partial charge in [-0.25, -0.2) is 8.42 Å². The summed E-state index contributed by atoms with van der Waals surface area (Å²) in [5, 5.41) is 4.72. The number of sulfonamides is 1. The molecular weight excluding hydrogens is 543 g/mol. The third kappa shape index (κ3) is 6.52. The van der Waals surface area contributed by atoms with E-state index in [1.165, 1.54) is 11.8 Å². The van der Waals surface area contributed by atoms with Gasteiger partial charge in [0.05, 0.1) is 4.90 Å². The Morgan fingerprint density at radius 1 is 1.05 bits per heavy atom. The molecule has 1 N–H and O–H groups in total. The number of carbonyl (C=O) groups excluding carboxylic acids is 2. The molecule has 0 saturated carbocycles. The highest BCUT2D eigenvalue weighted by molar-refractivity contribution is 7.89. The second-order valence-electron chi connectivity index (χ2n) is 8.51. The number of rotatable bonds is 7. The van der Waals surface area contributed by atoms with Gasteiger partial charge < -0.3 is 15.0 Å². The number of nitrogens with zero attached hydrogens (tertiary/aromatic N) is 2. The van der Waals surface area contributed by atoms with Gasteiger partial charge in [-0.1, -0.05) is 30.3 Å². The number of alkyl halides is 3. The predicted molar refractivity (Wildman–Crippen MR) is 135 cm³/mol. The van der Waals surface area contributed by atoms with Crippen LogP contribution in [0, 0.1) is 0 Å². The van der Waals surface area contributed by atoms with Gasteiger partial charge in [0, 0.05) is 38.0 Å². The quantitative estimate of drug-likeness (QED) is 0.468. The van der Waals surface area contributed by atoms with Crippen molar-refractivity contribution in [2.24, 2.45) is 0 Å². The Kier molecular flexibility index (Phi) is 8.09. The number of hydrogen-bond donors (Lipinski definition) is 1. The van der Waals surface area contributed by atoms with Gasteiger partial charge in [0.15, 0.2) is 0 Å². The zero-order chi connectivity index (χ0) is 27.5. The Balaban J connectivity index is 1.50. The molecule has 0 spiro atoms. The van der Waals surface area contributed by atoms with Gasteiger partial charge in [-0.3, -0.25) is 9.59 Å². The van der Waals surface area contributed by atoms with Crippen molar-refractivity contribution >= 4 is 33.2 Å². The molecule has 4 rings (SSSR count). The third-order valence-electron chi connectivity index (χ3n) is 5.97. The topological polar surface area (TPSA) is 96.0 Å². The molecule has 1 aliphatic rings. The molecule has 2 aromatic carbocycles. The van der Waals surface area contributed by atoms with Crippen molar-refractivity contribution in [3.8, 4) is 16.2 Å². The maximum Gasteiger partial charge on any atom is 0.573 e. The molecular formula is C25H24F3N3O5S2. The molecule has 0 radical (unpaired) electrons. The van der Waals surface area contributed by atoms with E-state index in [9.17, 15) is 31.2 Å². The van der Waals surface area contributed by atoms with Gasteiger partial charge in [0.1, 0.15) is 11.8 Å². The van der Waals surface area contributed by atoms with Crippen molar-refractivity contribution in [1.29, 1.82) is 0 Å². The average molecular weight is 568 g/mol. The summed E-state index contributed by atoms with van der Waals surface area (Å²) in [5.74, 6) is -1.48. The molecule has 8 nitrogen and oxygen atoms in total. The summed E-state index contributed by atoms with van der Waals surface area (Å²) >= 11 is 1.60. The standard InChI is InChI=1S/C25H24F3N3O5S2/c1-17(32)30-12-13-31(38(34,35)21-10-8-20(9-11-21)36-25(26,27)28)22(16-30)24(33)29-15-18-4-6-19(7-5-18)23-3-2-14-37-23/h2-11,14,22H,12-13,15-16H2,1H3,(H,29,33)/t22-/m1/s1. The van der Waals surface area contributed by atoms with E-state index in [1.54, 1.807) is 11.3 Å². The number of carbonyl (C=O) groups is 2. The van der Waals surface area contributed by atoms with E-state index in [0.29, 0.717) is 0 Å². The van der Waals surface area contributed by atoms with Gasteiger partial charge in [0.25, 0.3) is 0 Å². The van der Waals surface area contributed by atoms with E-state index in [1.807, 2.05) is 41.8 Å². The van der Waals surface area contributed by atoms with E-state index in [2.05, 4.69) is 10.1 Å². The summed E-state index contributed by atoms with van der Waals surface area (Å²) in [6.45, 7) is 1.21. The number of thiophene rings is 1. The first kappa shape index (κ1) is 27.6. The van der Waals surface area contributed by atoms with Gasteiger partial charge in [-0.2, -0.15) is 4.31 Å². The minimum atomic E-state index is -4.92. The number of halogens is 3. The largest absolute Gasteiger partial charge is 0.573 e. The molecule has 1 fully saturated rings. The first-order chi connectivity index (χ1) is 17.9. The van der Waals surface area contributed by atoms with Crippen LogP contribution in [0.1, 0.15) is 12.5 Å². The average Bonchev–Trinajstić information content (AvgIpc) is 3.41. The summed E-state index contributed by atoms with van der Waals surface area (Å²) < 4.78 is 68.9. The normalized spacial score (nSPS) is 16.7. The van der Waals surface area contributed by atoms with Crippen LogP contribution in [0.15, 0.2) is 70.9 Å². The van der Waals surface area contributed by atoms with Crippen LogP contribution in [0.2, 0.25) is 0 Å². The van der Waals surface area contributed by atoms with Crippen molar-refractivity contribution in [3.05, 3.63) is 71.6 Å². The monoisotopic (exact) mass is 567 g/mol. The van der Waals surface area contributed by atoms with Gasteiger partial charge in [-0.15, -0.1) is 24.5 Å². The maximum atomic E-state index is 13.4. The van der Waals surface area contributed by atoms with Gasteiger partial charge in [0.2, 0.25) is 21.8 Å². The number of amides is 2. The summed E-state index contributed by atoms with van der Waals surface area (Å²) in [5.41, 5.74) is 1.83. The Labute approximate surface area is 221 Å². The molecule has 0 unspecified atom stereocenters. The molecule has 1 saturated heterocycles. The fourth-order valence-electron chi connectivity index (χ4n) is 4.04. The molecule has 1 aromatic heterocycles. The molecule has 202 valence electrons. The van der Waals surface area contributed by atoms with Crippen molar-refractivity contribution in [1.82, 2.24) is 14.5 Å². The predicted octanol–water partition coefficient (Wildman–Crippen LogP) is 3.85. The van der Waals surface area contributed by atoms with Crippen molar-refractivity contribution < 1.29 is 35.9 Å². The van der Waals surface area contributed by atoms with Crippen LogP contribution < -0.4 is 10.1 Å². The summed E-state index contributed by atoms with van der Waals surface area (Å²) in [4.78, 5) is 27.4. The fraction of sp³-hybridized carbons (Fsp3) is 0.280. The van der Waals surface area contributed by atoms with E-state index in [-0.39, 0.29) is 37.0 Å². The van der Waals surface area contributed by atoms with Gasteiger partial charge in [-0.05, 0) is 46.8 Å². The lowest BCUT2D eigenvalue weighted by Crippen LogP contribution is -2.61. The summed E-state index contributed by atoms with van der Waals surface area (Å²) in [7, 11) is -4.28. The lowest BCUT2D eigenvalue weighted by Gasteiger charge is -2.39. The lowest BCUT2D eigenvalue weighted by atomic mass is 10.1. The number of piperazine rings is 1. The van der Waals surface area contributed by atoms with Gasteiger partial charge >= 0.3 is 6.36 Å². The molecule has 2 amide bonds. The highest BCUT2D eigenvalue weighted by Gasteiger charge is 2.41. The van der Waals surface area contributed by atoms with E-state index in [4.69, 9.17) is 0 Å². The Morgan fingerprint density at radius 3 is 2.32 bits per heavy atom. The second kappa shape index (κ2) is 11.1. The lowest BCUT2D eigenvalue weighted by molar-refractivity contribution is -0.274. The highest BCUT2D eigenvalue weighted by atomic mass is 32.2. The highest BCUT2D eigenvalue weighted by Crippen LogP contribution is 2.27. The van der Waals surface area contributed by atoms with Crippen LogP contribution in [-0.4, -0.2) is 61.5 Å². The Bertz CT molecular complexity index is 1380. The van der Waals surface area contributed by atoms with Crippen LogP contribution in [0.4, 0.5) is 13.2 Å². The van der Waals surface area contributed by atoms with E-state index >= 15 is 0 Å². The second-order valence-corrected chi connectivity index (χ2v) is 11.3. The zero-order valence-corrected chi connectivity index (χ0v) is 21.8.